The summed E-state index contributed by atoms with van der Waals surface area (Å²) >= 11 is 0. The first-order valence-corrected chi connectivity index (χ1v) is 13.7. The Labute approximate surface area is 262 Å². The Bertz CT molecular complexity index is 2520. The van der Waals surface area contributed by atoms with Crippen LogP contribution in [0, 0.1) is 34.5 Å². The number of rotatable bonds is 2. The van der Waals surface area contributed by atoms with Gasteiger partial charge in [-0.25, -0.2) is 18.7 Å². The molecule has 0 saturated heterocycles. The summed E-state index contributed by atoms with van der Waals surface area (Å²) in [6, 6.07) is 14.3. The molecule has 0 aliphatic heterocycles. The lowest BCUT2D eigenvalue weighted by atomic mass is 10.0. The van der Waals surface area contributed by atoms with E-state index in [1.54, 1.807) is 24.5 Å². The van der Waals surface area contributed by atoms with E-state index < -0.39 is 35.1 Å². The zero-order valence-corrected chi connectivity index (χ0v) is 23.6. The van der Waals surface area contributed by atoms with Crippen molar-refractivity contribution in [1.29, 1.82) is 10.5 Å². The van der Waals surface area contributed by atoms with E-state index in [-0.39, 0.29) is 43.9 Å². The average Bonchev–Trinajstić information content (AvgIpc) is 3.49. The fraction of sp³-hybridized carbons (Fsp3) is 0.0588. The maximum absolute atomic E-state index is 14.4. The highest BCUT2D eigenvalue weighted by Crippen LogP contribution is 2.37. The molecule has 0 spiro atoms. The Morgan fingerprint density at radius 1 is 0.479 bits per heavy atom. The molecule has 7 aromatic rings. The molecule has 14 heteroatoms. The summed E-state index contributed by atoms with van der Waals surface area (Å²) in [4.78, 5) is 17.3. The Morgan fingerprint density at radius 2 is 0.833 bits per heavy atom. The normalized spacial score (nSPS) is 13.2. The van der Waals surface area contributed by atoms with Gasteiger partial charge in [0.2, 0.25) is 12.4 Å². The van der Waals surface area contributed by atoms with Crippen LogP contribution in [0.15, 0.2) is 82.8 Å². The predicted molar refractivity (Wildman–Crippen MR) is 158 cm³/mol. The number of alkyl halides is 6. The highest BCUT2D eigenvalue weighted by Gasteiger charge is 2.35. The van der Waals surface area contributed by atoms with E-state index >= 15 is 0 Å². The third-order valence-electron chi connectivity index (χ3n) is 7.94. The van der Waals surface area contributed by atoms with Crippen molar-refractivity contribution in [3.8, 4) is 34.6 Å². The van der Waals surface area contributed by atoms with Crippen molar-refractivity contribution in [2.45, 2.75) is 12.4 Å². The molecule has 48 heavy (non-hydrogen) atoms. The summed E-state index contributed by atoms with van der Waals surface area (Å²) in [5.41, 5.74) is -1.02. The van der Waals surface area contributed by atoms with E-state index in [2.05, 4.69) is 9.98 Å². The van der Waals surface area contributed by atoms with Crippen LogP contribution in [-0.4, -0.2) is 9.97 Å². The van der Waals surface area contributed by atoms with Crippen molar-refractivity contribution in [3.05, 3.63) is 106 Å². The molecule has 0 amide bonds. The van der Waals surface area contributed by atoms with Crippen LogP contribution in [0.4, 0.5) is 35.1 Å². The van der Waals surface area contributed by atoms with E-state index in [1.165, 1.54) is 24.3 Å². The van der Waals surface area contributed by atoms with Gasteiger partial charge < -0.3 is 0 Å². The summed E-state index contributed by atoms with van der Waals surface area (Å²) < 4.78 is 107. The van der Waals surface area contributed by atoms with Gasteiger partial charge in [-0.2, -0.15) is 46.9 Å². The fourth-order valence-electron chi connectivity index (χ4n) is 5.82. The minimum Gasteiger partial charge on any atom is -0.241 e. The molecule has 0 radical (unpaired) electrons. The second kappa shape index (κ2) is 10.6. The minimum atomic E-state index is -4.87. The van der Waals surface area contributed by atoms with Gasteiger partial charge >= 0.3 is 12.4 Å². The quantitative estimate of drug-likeness (QED) is 0.138. The third kappa shape index (κ3) is 4.77. The van der Waals surface area contributed by atoms with Crippen LogP contribution in [0.5, 0.6) is 0 Å². The molecular weight excluding hydrogens is 644 g/mol. The summed E-state index contributed by atoms with van der Waals surface area (Å²) in [5.74, 6) is -2.91. The second-order valence-corrected chi connectivity index (χ2v) is 10.6. The van der Waals surface area contributed by atoms with Crippen LogP contribution in [0.1, 0.15) is 11.1 Å². The Morgan fingerprint density at radius 3 is 1.17 bits per heavy atom. The highest BCUT2D eigenvalue weighted by atomic mass is 19.4. The molecule has 6 aromatic carbocycles. The SMILES string of the molecule is N#C/N=c1\c2cc(-c3ccc(C(F)(F)F)c(F)c3)ccc2c2nc3/c(=N/C#N)c4cc(-c5ccc(C(F)(F)F)c(F)c5)ccc4c3nc12. The van der Waals surface area contributed by atoms with Crippen LogP contribution in [0.2, 0.25) is 0 Å². The van der Waals surface area contributed by atoms with E-state index in [1.807, 2.05) is 0 Å². The maximum Gasteiger partial charge on any atom is 0.419 e. The summed E-state index contributed by atoms with van der Waals surface area (Å²) in [5, 5.41) is 20.8. The summed E-state index contributed by atoms with van der Waals surface area (Å²) in [6.07, 6.45) is -6.33. The van der Waals surface area contributed by atoms with Crippen LogP contribution in [0.3, 0.4) is 0 Å². The van der Waals surface area contributed by atoms with Crippen molar-refractivity contribution >= 4 is 43.6 Å². The van der Waals surface area contributed by atoms with Gasteiger partial charge in [0.25, 0.3) is 0 Å². The molecule has 0 aliphatic carbocycles. The topological polar surface area (TPSA) is 98.1 Å². The zero-order chi connectivity index (χ0) is 34.1. The molecule has 234 valence electrons. The average molecular weight is 656 g/mol. The Balaban J connectivity index is 1.45. The van der Waals surface area contributed by atoms with Gasteiger partial charge in [-0.15, -0.1) is 0 Å². The first kappa shape index (κ1) is 30.4. The van der Waals surface area contributed by atoms with Crippen molar-refractivity contribution in [1.82, 2.24) is 9.97 Å². The van der Waals surface area contributed by atoms with Crippen molar-refractivity contribution in [2.24, 2.45) is 9.98 Å². The van der Waals surface area contributed by atoms with Crippen molar-refractivity contribution in [3.63, 3.8) is 0 Å². The number of nitrogens with zero attached hydrogens (tertiary/aromatic N) is 6. The molecule has 7 rings (SSSR count). The highest BCUT2D eigenvalue weighted by molar-refractivity contribution is 6.15. The van der Waals surface area contributed by atoms with Gasteiger partial charge in [0.05, 0.1) is 22.2 Å². The molecule has 0 atom stereocenters. The van der Waals surface area contributed by atoms with Crippen LogP contribution in [0.25, 0.3) is 65.9 Å². The molecule has 0 saturated carbocycles. The number of hydrogen-bond acceptors (Lipinski definition) is 6. The molecule has 6 nitrogen and oxygen atoms in total. The summed E-state index contributed by atoms with van der Waals surface area (Å²) in [6.45, 7) is 0. The molecule has 0 bridgehead atoms. The first-order valence-electron chi connectivity index (χ1n) is 13.7. The maximum atomic E-state index is 14.4. The van der Waals surface area contributed by atoms with E-state index in [0.717, 1.165) is 24.3 Å². The van der Waals surface area contributed by atoms with Crippen molar-refractivity contribution < 1.29 is 35.1 Å². The Kier molecular flexibility index (Phi) is 6.73. The standard InChI is InChI=1S/C34H12F8N6/c35-25-11-17(3-7-23(25)33(37,38)39)15-1-5-19-21(9-15)27(45-13-43)31-29(19)47-32-28(46-14-44)22-10-16(2-6-20(22)30(32)48-31)18-4-8-24(26(36)12-18)34(40,41)42/h1-12H/b45-27+,46-28+. The van der Waals surface area contributed by atoms with Crippen molar-refractivity contribution in [2.75, 3.05) is 0 Å². The lowest BCUT2D eigenvalue weighted by Crippen LogP contribution is -2.07. The van der Waals surface area contributed by atoms with Crippen LogP contribution in [-0.2, 0) is 12.4 Å². The van der Waals surface area contributed by atoms with Gasteiger partial charge in [-0.1, -0.05) is 36.4 Å². The molecule has 0 unspecified atom stereocenters. The molecule has 1 heterocycles. The number of aromatic nitrogens is 2. The van der Waals surface area contributed by atoms with Gasteiger partial charge in [0.1, 0.15) is 33.4 Å². The van der Waals surface area contributed by atoms with E-state index in [4.69, 9.17) is 9.97 Å². The van der Waals surface area contributed by atoms with Crippen LogP contribution < -0.4 is 10.7 Å². The smallest absolute Gasteiger partial charge is 0.241 e. The Hall–Kier alpha value is -6.28. The van der Waals surface area contributed by atoms with Gasteiger partial charge in [0, 0.05) is 21.5 Å². The number of fused-ring (bicyclic) bond motifs is 6. The largest absolute Gasteiger partial charge is 0.419 e. The molecule has 0 aliphatic rings. The van der Waals surface area contributed by atoms with Crippen LogP contribution >= 0.6 is 0 Å². The monoisotopic (exact) mass is 656 g/mol. The van der Waals surface area contributed by atoms with E-state index in [0.29, 0.717) is 44.8 Å². The predicted octanol–water partition coefficient (Wildman–Crippen LogP) is 8.38. The minimum absolute atomic E-state index is 0.0936. The van der Waals surface area contributed by atoms with Gasteiger partial charge in [0.15, 0.2) is 0 Å². The summed E-state index contributed by atoms with van der Waals surface area (Å²) in [7, 11) is 0. The first-order chi connectivity index (χ1) is 22.8. The lowest BCUT2D eigenvalue weighted by molar-refractivity contribution is -0.140. The second-order valence-electron chi connectivity index (χ2n) is 10.6. The molecular formula is C34H12F8N6. The van der Waals surface area contributed by atoms with Gasteiger partial charge in [-0.3, -0.25) is 0 Å². The lowest BCUT2D eigenvalue weighted by Gasteiger charge is -2.09. The number of nitriles is 2. The number of halogens is 8. The van der Waals surface area contributed by atoms with E-state index in [9.17, 15) is 45.6 Å². The molecule has 0 fully saturated rings. The number of benzene rings is 4. The zero-order valence-electron chi connectivity index (χ0n) is 23.6. The molecule has 0 N–H and O–H groups in total. The fourth-order valence-corrected chi connectivity index (χ4v) is 5.82. The van der Waals surface area contributed by atoms with Gasteiger partial charge in [-0.05, 0) is 58.7 Å². The molecule has 1 aromatic heterocycles. The number of hydrogen-bond donors (Lipinski definition) is 0. The third-order valence-corrected chi connectivity index (χ3v) is 7.94.